The van der Waals surface area contributed by atoms with Gasteiger partial charge >= 0.3 is 6.18 Å². The third kappa shape index (κ3) is 2.76. The number of Topliss-reactive ketones (excluding diaryl/α,β-unsaturated/α-hetero) is 1. The summed E-state index contributed by atoms with van der Waals surface area (Å²) in [7, 11) is 0. The van der Waals surface area contributed by atoms with Crippen LogP contribution in [0, 0.1) is 0 Å². The summed E-state index contributed by atoms with van der Waals surface area (Å²) in [6.07, 6.45) is -2.92. The molecule has 21 heavy (non-hydrogen) atoms. The predicted molar refractivity (Wildman–Crippen MR) is 73.5 cm³/mol. The van der Waals surface area contributed by atoms with Gasteiger partial charge in [0.2, 0.25) is 0 Å². The zero-order valence-corrected chi connectivity index (χ0v) is 12.2. The summed E-state index contributed by atoms with van der Waals surface area (Å²) in [6.45, 7) is -1.06. The molecule has 1 N–H and O–H groups in total. The van der Waals surface area contributed by atoms with E-state index in [1.807, 2.05) is 0 Å². The van der Waals surface area contributed by atoms with Gasteiger partial charge in [0.05, 0.1) is 16.9 Å². The van der Waals surface area contributed by atoms with Gasteiger partial charge < -0.3 is 10.2 Å². The minimum Gasteiger partial charge on any atom is -0.359 e. The Bertz CT molecular complexity index is 641. The highest BCUT2D eigenvalue weighted by molar-refractivity contribution is 9.10. The van der Waals surface area contributed by atoms with Crippen molar-refractivity contribution in [2.45, 2.75) is 25.1 Å². The highest BCUT2D eigenvalue weighted by Gasteiger charge is 2.40. The predicted octanol–water partition coefficient (Wildman–Crippen LogP) is 3.12. The summed E-state index contributed by atoms with van der Waals surface area (Å²) in [4.78, 5) is 24.2. The number of hydrogen-bond donors (Lipinski definition) is 1. The summed E-state index contributed by atoms with van der Waals surface area (Å²) in [5.41, 5.74) is 0.776. The van der Waals surface area contributed by atoms with Crippen LogP contribution in [-0.2, 0) is 4.79 Å². The Hall–Kier alpha value is -1.57. The third-order valence-corrected chi connectivity index (χ3v) is 4.07. The molecule has 0 spiro atoms. The van der Waals surface area contributed by atoms with Gasteiger partial charge in [-0.25, -0.2) is 0 Å². The molecule has 1 amide bonds. The number of anilines is 2. The highest BCUT2D eigenvalue weighted by Crippen LogP contribution is 2.41. The minimum absolute atomic E-state index is 0.159. The summed E-state index contributed by atoms with van der Waals surface area (Å²) < 4.78 is 38.6. The Morgan fingerprint density at radius 1 is 1.29 bits per heavy atom. The average Bonchev–Trinajstić information content (AvgIpc) is 3.16. The first-order chi connectivity index (χ1) is 9.76. The molecule has 0 saturated heterocycles. The summed E-state index contributed by atoms with van der Waals surface area (Å²) in [5, 5.41) is 2.37. The maximum Gasteiger partial charge on any atom is 0.405 e. The molecule has 1 aliphatic carbocycles. The second kappa shape index (κ2) is 4.72. The van der Waals surface area contributed by atoms with Gasteiger partial charge in [-0.3, -0.25) is 9.59 Å². The van der Waals surface area contributed by atoms with E-state index in [0.717, 1.165) is 0 Å². The molecule has 4 nitrogen and oxygen atoms in total. The Morgan fingerprint density at radius 2 is 1.95 bits per heavy atom. The van der Waals surface area contributed by atoms with Crippen LogP contribution >= 0.6 is 15.9 Å². The van der Waals surface area contributed by atoms with Crippen LogP contribution in [-0.4, -0.2) is 30.5 Å². The van der Waals surface area contributed by atoms with Gasteiger partial charge in [-0.05, 0) is 40.9 Å². The zero-order chi connectivity index (χ0) is 15.4. The number of nitrogens with one attached hydrogen (secondary N) is 1. The van der Waals surface area contributed by atoms with Crippen LogP contribution in [0.25, 0.3) is 0 Å². The van der Waals surface area contributed by atoms with Crippen molar-refractivity contribution in [3.63, 3.8) is 0 Å². The maximum atomic E-state index is 12.7. The molecule has 2 aliphatic rings. The van der Waals surface area contributed by atoms with Gasteiger partial charge in [0.25, 0.3) is 11.7 Å². The smallest absolute Gasteiger partial charge is 0.359 e. The zero-order valence-electron chi connectivity index (χ0n) is 10.6. The lowest BCUT2D eigenvalue weighted by molar-refractivity contribution is -0.120. The van der Waals surface area contributed by atoms with Gasteiger partial charge in [0, 0.05) is 10.5 Å². The van der Waals surface area contributed by atoms with Crippen molar-refractivity contribution in [2.75, 3.05) is 16.8 Å². The van der Waals surface area contributed by atoms with Crippen LogP contribution in [0.4, 0.5) is 24.5 Å². The number of rotatable bonds is 3. The Labute approximate surface area is 126 Å². The van der Waals surface area contributed by atoms with Crippen molar-refractivity contribution in [1.29, 1.82) is 0 Å². The van der Waals surface area contributed by atoms with E-state index in [1.165, 1.54) is 17.0 Å². The molecular formula is C13H10BrF3N2O2. The van der Waals surface area contributed by atoms with Gasteiger partial charge in [-0.15, -0.1) is 0 Å². The maximum absolute atomic E-state index is 12.7. The fourth-order valence-corrected chi connectivity index (χ4v) is 2.94. The van der Waals surface area contributed by atoms with Crippen LogP contribution < -0.4 is 10.2 Å². The first-order valence-electron chi connectivity index (χ1n) is 6.29. The molecule has 1 aromatic carbocycles. The minimum atomic E-state index is -4.32. The molecular weight excluding hydrogens is 353 g/mol. The molecule has 0 radical (unpaired) electrons. The topological polar surface area (TPSA) is 49.4 Å². The molecule has 8 heteroatoms. The van der Waals surface area contributed by atoms with Gasteiger partial charge in [-0.2, -0.15) is 13.2 Å². The number of hydrogen-bond acceptors (Lipinski definition) is 3. The van der Waals surface area contributed by atoms with Crippen LogP contribution in [0.15, 0.2) is 16.6 Å². The average molecular weight is 363 g/mol. The third-order valence-electron chi connectivity index (χ3n) is 3.43. The van der Waals surface area contributed by atoms with Crippen molar-refractivity contribution < 1.29 is 22.8 Å². The molecule has 1 fully saturated rings. The van der Waals surface area contributed by atoms with E-state index in [1.54, 1.807) is 0 Å². The second-order valence-electron chi connectivity index (χ2n) is 5.11. The number of fused-ring (bicyclic) bond motifs is 1. The lowest BCUT2D eigenvalue weighted by atomic mass is 10.1. The quantitative estimate of drug-likeness (QED) is 0.840. The number of nitrogens with zero attached hydrogens (tertiary/aromatic N) is 1. The molecule has 112 valence electrons. The molecule has 0 unspecified atom stereocenters. The Balaban J connectivity index is 2.00. The van der Waals surface area contributed by atoms with E-state index >= 15 is 0 Å². The lowest BCUT2D eigenvalue weighted by Gasteiger charge is -2.27. The van der Waals surface area contributed by atoms with Crippen molar-refractivity contribution in [3.8, 4) is 0 Å². The van der Waals surface area contributed by atoms with E-state index in [0.29, 0.717) is 23.0 Å². The Kier molecular flexibility index (Phi) is 3.23. The molecule has 1 aromatic rings. The Morgan fingerprint density at radius 3 is 2.52 bits per heavy atom. The molecule has 0 atom stereocenters. The lowest BCUT2D eigenvalue weighted by Crippen LogP contribution is -2.36. The van der Waals surface area contributed by atoms with Crippen LogP contribution in [0.1, 0.15) is 23.2 Å². The van der Waals surface area contributed by atoms with Crippen LogP contribution in [0.2, 0.25) is 0 Å². The monoisotopic (exact) mass is 362 g/mol. The molecule has 0 aromatic heterocycles. The van der Waals surface area contributed by atoms with E-state index in [-0.39, 0.29) is 17.3 Å². The van der Waals surface area contributed by atoms with Crippen molar-refractivity contribution in [2.24, 2.45) is 0 Å². The van der Waals surface area contributed by atoms with E-state index in [9.17, 15) is 22.8 Å². The van der Waals surface area contributed by atoms with Crippen LogP contribution in [0.5, 0.6) is 0 Å². The summed E-state index contributed by atoms with van der Waals surface area (Å²) >= 11 is 3.20. The number of amides is 1. The largest absolute Gasteiger partial charge is 0.405 e. The number of alkyl halides is 3. The molecule has 3 rings (SSSR count). The number of ketones is 1. The molecule has 1 aliphatic heterocycles. The first-order valence-corrected chi connectivity index (χ1v) is 7.08. The fourth-order valence-electron chi connectivity index (χ4n) is 2.36. The normalized spacial score (nSPS) is 17.7. The summed E-state index contributed by atoms with van der Waals surface area (Å²) in [5.74, 6) is -1.44. The number of benzene rings is 1. The van der Waals surface area contributed by atoms with Gasteiger partial charge in [-0.1, -0.05) is 0 Å². The van der Waals surface area contributed by atoms with E-state index < -0.39 is 24.4 Å². The van der Waals surface area contributed by atoms with Crippen molar-refractivity contribution in [1.82, 2.24) is 0 Å². The SMILES string of the molecule is O=C1Nc2cc(N(CC(F)(F)F)C3CC3)c(Br)cc2C1=O. The molecule has 1 saturated carbocycles. The number of carbonyl (C=O) groups excluding carboxylic acids is 2. The standard InChI is InChI=1S/C13H10BrF3N2O2/c14-8-3-7-9(18-12(21)11(7)20)4-10(8)19(6-1-2-6)5-13(15,16)17/h3-4,6H,1-2,5H2,(H,18,20,21). The fraction of sp³-hybridized carbons (Fsp3) is 0.385. The van der Waals surface area contributed by atoms with Crippen molar-refractivity contribution >= 4 is 39.0 Å². The van der Waals surface area contributed by atoms with E-state index in [4.69, 9.17) is 0 Å². The van der Waals surface area contributed by atoms with E-state index in [2.05, 4.69) is 21.2 Å². The van der Waals surface area contributed by atoms with Crippen LogP contribution in [0.3, 0.4) is 0 Å². The number of carbonyl (C=O) groups is 2. The first kappa shape index (κ1) is 14.4. The van der Waals surface area contributed by atoms with Gasteiger partial charge in [0.15, 0.2) is 0 Å². The number of halogens is 4. The summed E-state index contributed by atoms with van der Waals surface area (Å²) in [6, 6.07) is 2.66. The van der Waals surface area contributed by atoms with Gasteiger partial charge in [0.1, 0.15) is 6.54 Å². The second-order valence-corrected chi connectivity index (χ2v) is 5.96. The highest BCUT2D eigenvalue weighted by atomic mass is 79.9. The van der Waals surface area contributed by atoms with Crippen molar-refractivity contribution in [3.05, 3.63) is 22.2 Å². The molecule has 0 bridgehead atoms. The molecule has 1 heterocycles.